The second-order valence-corrected chi connectivity index (χ2v) is 7.94. The molecular formula is C21H26N4O3. The molecule has 2 aliphatic rings. The summed E-state index contributed by atoms with van der Waals surface area (Å²) < 4.78 is 5.28. The fourth-order valence-electron chi connectivity index (χ4n) is 4.09. The lowest BCUT2D eigenvalue weighted by atomic mass is 9.95. The molecule has 1 unspecified atom stereocenters. The van der Waals surface area contributed by atoms with Crippen LogP contribution in [-0.4, -0.2) is 51.4 Å². The lowest BCUT2D eigenvalue weighted by Gasteiger charge is -2.32. The first kappa shape index (κ1) is 18.7. The van der Waals surface area contributed by atoms with Gasteiger partial charge in [0.2, 0.25) is 17.7 Å². The van der Waals surface area contributed by atoms with E-state index in [2.05, 4.69) is 10.1 Å². The normalized spacial score (nSPS) is 20.8. The van der Waals surface area contributed by atoms with E-state index in [9.17, 15) is 9.59 Å². The van der Waals surface area contributed by atoms with Crippen molar-refractivity contribution in [3.63, 3.8) is 0 Å². The fourth-order valence-corrected chi connectivity index (χ4v) is 4.09. The second kappa shape index (κ2) is 7.73. The van der Waals surface area contributed by atoms with E-state index >= 15 is 0 Å². The first-order valence-corrected chi connectivity index (χ1v) is 9.92. The standard InChI is InChI=1S/C21H26N4O3/c1-14-3-5-16(6-4-14)12-25-13-18(11-19(25)26)21(27)24-9-7-17(8-10-24)20-22-15(2)23-28-20/h3-6,17-18H,7-13H2,1-2H3. The third-order valence-electron chi connectivity index (χ3n) is 5.76. The maximum absolute atomic E-state index is 12.9. The zero-order chi connectivity index (χ0) is 19.7. The molecule has 7 nitrogen and oxygen atoms in total. The molecular weight excluding hydrogens is 356 g/mol. The highest BCUT2D eigenvalue weighted by Crippen LogP contribution is 2.29. The molecule has 7 heteroatoms. The Morgan fingerprint density at radius 1 is 1.18 bits per heavy atom. The van der Waals surface area contributed by atoms with Crippen LogP contribution >= 0.6 is 0 Å². The van der Waals surface area contributed by atoms with Crippen molar-refractivity contribution in [3.05, 3.63) is 47.1 Å². The van der Waals surface area contributed by atoms with E-state index in [1.165, 1.54) is 5.56 Å². The topological polar surface area (TPSA) is 79.5 Å². The highest BCUT2D eigenvalue weighted by Gasteiger charge is 2.38. The average Bonchev–Trinajstić information content (AvgIpc) is 3.29. The van der Waals surface area contributed by atoms with Crippen LogP contribution in [-0.2, 0) is 16.1 Å². The number of rotatable bonds is 4. The van der Waals surface area contributed by atoms with Crippen molar-refractivity contribution >= 4 is 11.8 Å². The monoisotopic (exact) mass is 382 g/mol. The molecule has 0 N–H and O–H groups in total. The molecule has 0 radical (unpaired) electrons. The molecule has 2 saturated heterocycles. The molecule has 1 atom stereocenters. The molecule has 1 aromatic heterocycles. The van der Waals surface area contributed by atoms with Crippen molar-refractivity contribution in [2.45, 2.75) is 45.6 Å². The van der Waals surface area contributed by atoms with Crippen molar-refractivity contribution in [1.29, 1.82) is 0 Å². The number of carbonyl (C=O) groups excluding carboxylic acids is 2. The van der Waals surface area contributed by atoms with E-state index in [-0.39, 0.29) is 23.7 Å². The molecule has 0 bridgehead atoms. The van der Waals surface area contributed by atoms with Crippen LogP contribution in [0.5, 0.6) is 0 Å². The van der Waals surface area contributed by atoms with E-state index in [0.29, 0.717) is 44.3 Å². The summed E-state index contributed by atoms with van der Waals surface area (Å²) in [7, 11) is 0. The number of hydrogen-bond donors (Lipinski definition) is 0. The van der Waals surface area contributed by atoms with Gasteiger partial charge in [-0.1, -0.05) is 35.0 Å². The van der Waals surface area contributed by atoms with Crippen LogP contribution in [0, 0.1) is 19.8 Å². The Morgan fingerprint density at radius 2 is 1.89 bits per heavy atom. The maximum atomic E-state index is 12.9. The number of piperidine rings is 1. The molecule has 2 aliphatic heterocycles. The van der Waals surface area contributed by atoms with Crippen molar-refractivity contribution in [2.75, 3.05) is 19.6 Å². The SMILES string of the molecule is Cc1ccc(CN2CC(C(=O)N3CCC(c4nc(C)no4)CC3)CC2=O)cc1. The summed E-state index contributed by atoms with van der Waals surface area (Å²) >= 11 is 0. The van der Waals surface area contributed by atoms with Crippen LogP contribution in [0.15, 0.2) is 28.8 Å². The minimum atomic E-state index is -0.236. The lowest BCUT2D eigenvalue weighted by molar-refractivity contribution is -0.136. The number of aryl methyl sites for hydroxylation is 2. The molecule has 3 heterocycles. The third kappa shape index (κ3) is 3.93. The summed E-state index contributed by atoms with van der Waals surface area (Å²) in [6.07, 6.45) is 1.95. The highest BCUT2D eigenvalue weighted by molar-refractivity contribution is 5.89. The van der Waals surface area contributed by atoms with Gasteiger partial charge in [0.1, 0.15) is 0 Å². The van der Waals surface area contributed by atoms with E-state index in [4.69, 9.17) is 4.52 Å². The van der Waals surface area contributed by atoms with Gasteiger partial charge in [0.25, 0.3) is 0 Å². The van der Waals surface area contributed by atoms with Crippen LogP contribution in [0.3, 0.4) is 0 Å². The summed E-state index contributed by atoms with van der Waals surface area (Å²) in [5.41, 5.74) is 2.30. The van der Waals surface area contributed by atoms with Gasteiger partial charge in [-0.3, -0.25) is 9.59 Å². The van der Waals surface area contributed by atoms with Crippen LogP contribution in [0.2, 0.25) is 0 Å². The second-order valence-electron chi connectivity index (χ2n) is 7.94. The number of likely N-dealkylation sites (tertiary alicyclic amines) is 2. The van der Waals surface area contributed by atoms with Crippen molar-refractivity contribution in [3.8, 4) is 0 Å². The largest absolute Gasteiger partial charge is 0.342 e. The Balaban J connectivity index is 1.31. The van der Waals surface area contributed by atoms with E-state index in [1.54, 1.807) is 4.90 Å². The van der Waals surface area contributed by atoms with Gasteiger partial charge in [-0.2, -0.15) is 4.98 Å². The molecule has 2 fully saturated rings. The fraction of sp³-hybridized carbons (Fsp3) is 0.524. The number of amides is 2. The summed E-state index contributed by atoms with van der Waals surface area (Å²) in [5, 5.41) is 3.86. The van der Waals surface area contributed by atoms with Crippen molar-refractivity contribution in [2.24, 2.45) is 5.92 Å². The Kier molecular flexibility index (Phi) is 5.15. The summed E-state index contributed by atoms with van der Waals surface area (Å²) in [6.45, 7) is 6.28. The Morgan fingerprint density at radius 3 is 2.54 bits per heavy atom. The smallest absolute Gasteiger partial charge is 0.229 e. The predicted molar refractivity (Wildman–Crippen MR) is 102 cm³/mol. The zero-order valence-electron chi connectivity index (χ0n) is 16.4. The zero-order valence-corrected chi connectivity index (χ0v) is 16.4. The van der Waals surface area contributed by atoms with E-state index in [1.807, 2.05) is 43.0 Å². The summed E-state index contributed by atoms with van der Waals surface area (Å²) in [6, 6.07) is 8.19. The van der Waals surface area contributed by atoms with Gasteiger partial charge in [-0.25, -0.2) is 0 Å². The third-order valence-corrected chi connectivity index (χ3v) is 5.76. The lowest BCUT2D eigenvalue weighted by Crippen LogP contribution is -2.42. The molecule has 1 aromatic carbocycles. The van der Waals surface area contributed by atoms with Gasteiger partial charge in [0.15, 0.2) is 5.82 Å². The Hall–Kier alpha value is -2.70. The summed E-state index contributed by atoms with van der Waals surface area (Å²) in [4.78, 5) is 33.4. The molecule has 4 rings (SSSR count). The van der Waals surface area contributed by atoms with Crippen LogP contribution in [0.1, 0.15) is 48.0 Å². The van der Waals surface area contributed by atoms with Gasteiger partial charge in [-0.05, 0) is 32.3 Å². The molecule has 2 aromatic rings. The Labute approximate surface area is 164 Å². The van der Waals surface area contributed by atoms with Gasteiger partial charge < -0.3 is 14.3 Å². The number of nitrogens with zero attached hydrogens (tertiary/aromatic N) is 4. The first-order chi connectivity index (χ1) is 13.5. The summed E-state index contributed by atoms with van der Waals surface area (Å²) in [5.74, 6) is 1.46. The van der Waals surface area contributed by atoms with Gasteiger partial charge >= 0.3 is 0 Å². The van der Waals surface area contributed by atoms with Crippen LogP contribution < -0.4 is 0 Å². The maximum Gasteiger partial charge on any atom is 0.229 e. The number of benzene rings is 1. The molecule has 148 valence electrons. The van der Waals surface area contributed by atoms with Crippen molar-refractivity contribution in [1.82, 2.24) is 19.9 Å². The molecule has 28 heavy (non-hydrogen) atoms. The van der Waals surface area contributed by atoms with Gasteiger partial charge in [0, 0.05) is 38.5 Å². The minimum absolute atomic E-state index is 0.0650. The van der Waals surface area contributed by atoms with Gasteiger partial charge in [-0.15, -0.1) is 0 Å². The average molecular weight is 382 g/mol. The number of hydrogen-bond acceptors (Lipinski definition) is 5. The predicted octanol–water partition coefficient (Wildman–Crippen LogP) is 2.44. The molecule has 0 aliphatic carbocycles. The van der Waals surface area contributed by atoms with E-state index in [0.717, 1.165) is 18.4 Å². The minimum Gasteiger partial charge on any atom is -0.342 e. The van der Waals surface area contributed by atoms with Crippen molar-refractivity contribution < 1.29 is 14.1 Å². The molecule has 0 spiro atoms. The van der Waals surface area contributed by atoms with Crippen LogP contribution in [0.25, 0.3) is 0 Å². The molecule has 2 amide bonds. The quantitative estimate of drug-likeness (QED) is 0.811. The van der Waals surface area contributed by atoms with E-state index < -0.39 is 0 Å². The van der Waals surface area contributed by atoms with Crippen LogP contribution in [0.4, 0.5) is 0 Å². The Bertz CT molecular complexity index is 853. The first-order valence-electron chi connectivity index (χ1n) is 9.92. The highest BCUT2D eigenvalue weighted by atomic mass is 16.5. The number of carbonyl (C=O) groups is 2. The van der Waals surface area contributed by atoms with Gasteiger partial charge in [0.05, 0.1) is 5.92 Å². The molecule has 0 saturated carbocycles. The number of aromatic nitrogens is 2.